The Bertz CT molecular complexity index is 959. The molecule has 0 spiro atoms. The number of anilines is 1. The van der Waals surface area contributed by atoms with Crippen molar-refractivity contribution in [3.63, 3.8) is 0 Å². The Morgan fingerprint density at radius 1 is 1.21 bits per heavy atom. The highest BCUT2D eigenvalue weighted by Gasteiger charge is 2.32. The Labute approximate surface area is 177 Å². The standard InChI is InChI=1S/C20H19ClN4O3S/c1-12(13-3-5-14(21)6-4-13)24-25-20-23-19(27)17(29-20)11-18(26)22-15-7-9-16(28-2)10-8-15/h3-10,17H,11H2,1-2H3,(H,22,26)(H,23,25,27)/b24-12-/t17-/m0/s1. The fourth-order valence-corrected chi connectivity index (χ4v) is 3.55. The van der Waals surface area contributed by atoms with E-state index in [9.17, 15) is 9.59 Å². The third-order valence-electron chi connectivity index (χ3n) is 4.07. The maximum absolute atomic E-state index is 12.2. The van der Waals surface area contributed by atoms with Gasteiger partial charge in [0.15, 0.2) is 5.17 Å². The number of thioether (sulfide) groups is 1. The van der Waals surface area contributed by atoms with Crippen LogP contribution in [-0.2, 0) is 9.59 Å². The lowest BCUT2D eigenvalue weighted by Crippen LogP contribution is -2.28. The van der Waals surface area contributed by atoms with Crippen LogP contribution >= 0.6 is 23.4 Å². The van der Waals surface area contributed by atoms with Gasteiger partial charge in [0.2, 0.25) is 11.8 Å². The number of carbonyl (C=O) groups excluding carboxylic acids is 2. The Balaban J connectivity index is 1.57. The van der Waals surface area contributed by atoms with Crippen molar-refractivity contribution in [3.8, 4) is 5.75 Å². The second-order valence-corrected chi connectivity index (χ2v) is 7.80. The van der Waals surface area contributed by atoms with Gasteiger partial charge in [-0.05, 0) is 48.9 Å². The summed E-state index contributed by atoms with van der Waals surface area (Å²) in [5.74, 6) is 0.173. The van der Waals surface area contributed by atoms with Crippen LogP contribution < -0.4 is 15.4 Å². The van der Waals surface area contributed by atoms with Gasteiger partial charge in [0.25, 0.3) is 0 Å². The Morgan fingerprint density at radius 2 is 1.90 bits per heavy atom. The van der Waals surface area contributed by atoms with E-state index in [1.807, 2.05) is 19.1 Å². The average molecular weight is 431 g/mol. The van der Waals surface area contributed by atoms with Gasteiger partial charge >= 0.3 is 0 Å². The fraction of sp³-hybridized carbons (Fsp3) is 0.200. The van der Waals surface area contributed by atoms with Crippen molar-refractivity contribution in [2.75, 3.05) is 12.4 Å². The number of amidine groups is 1. The summed E-state index contributed by atoms with van der Waals surface area (Å²) in [6.07, 6.45) is 0.0292. The fourth-order valence-electron chi connectivity index (χ4n) is 2.51. The lowest BCUT2D eigenvalue weighted by molar-refractivity contribution is -0.122. The van der Waals surface area contributed by atoms with Crippen LogP contribution in [-0.4, -0.2) is 35.1 Å². The summed E-state index contributed by atoms with van der Waals surface area (Å²) in [6.45, 7) is 1.81. The maximum Gasteiger partial charge on any atom is 0.240 e. The van der Waals surface area contributed by atoms with Crippen molar-refractivity contribution in [1.29, 1.82) is 0 Å². The summed E-state index contributed by atoms with van der Waals surface area (Å²) >= 11 is 7.06. The smallest absolute Gasteiger partial charge is 0.240 e. The van der Waals surface area contributed by atoms with Gasteiger partial charge in [-0.15, -0.1) is 5.10 Å². The van der Waals surface area contributed by atoms with Gasteiger partial charge < -0.3 is 15.4 Å². The summed E-state index contributed by atoms with van der Waals surface area (Å²) in [7, 11) is 1.57. The predicted molar refractivity (Wildman–Crippen MR) is 117 cm³/mol. The van der Waals surface area contributed by atoms with Crippen LogP contribution in [0.25, 0.3) is 0 Å². The van der Waals surface area contributed by atoms with Gasteiger partial charge in [-0.25, -0.2) is 0 Å². The summed E-state index contributed by atoms with van der Waals surface area (Å²) in [5.41, 5.74) is 2.20. The molecular formula is C20H19ClN4O3S. The van der Waals surface area contributed by atoms with Crippen LogP contribution in [0.15, 0.2) is 58.7 Å². The zero-order chi connectivity index (χ0) is 20.8. The van der Waals surface area contributed by atoms with E-state index in [0.29, 0.717) is 27.3 Å². The number of halogens is 1. The number of amides is 2. The molecule has 1 aliphatic rings. The number of hydrogen-bond acceptors (Lipinski definition) is 6. The lowest BCUT2D eigenvalue weighted by atomic mass is 10.1. The van der Waals surface area contributed by atoms with E-state index >= 15 is 0 Å². The molecule has 0 aliphatic carbocycles. The van der Waals surface area contributed by atoms with Gasteiger partial charge in [0.1, 0.15) is 11.0 Å². The first-order chi connectivity index (χ1) is 13.9. The van der Waals surface area contributed by atoms with Crippen LogP contribution in [0, 0.1) is 0 Å². The number of benzene rings is 2. The van der Waals surface area contributed by atoms with Crippen LogP contribution in [0.1, 0.15) is 18.9 Å². The molecular weight excluding hydrogens is 412 g/mol. The second kappa shape index (κ2) is 9.58. The molecule has 2 N–H and O–H groups in total. The molecule has 1 fully saturated rings. The monoisotopic (exact) mass is 430 g/mol. The first-order valence-corrected chi connectivity index (χ1v) is 10.00. The molecule has 0 bridgehead atoms. The Hall–Kier alpha value is -2.84. The molecule has 2 aromatic rings. The molecule has 0 saturated carbocycles. The van der Waals surface area contributed by atoms with Crippen molar-refractivity contribution in [2.45, 2.75) is 18.6 Å². The molecule has 0 aromatic heterocycles. The summed E-state index contributed by atoms with van der Waals surface area (Å²) in [5, 5.41) is 14.1. The van der Waals surface area contributed by atoms with E-state index < -0.39 is 5.25 Å². The number of nitrogens with one attached hydrogen (secondary N) is 2. The summed E-state index contributed by atoms with van der Waals surface area (Å²) in [4.78, 5) is 24.4. The first kappa shape index (κ1) is 20.9. The molecule has 0 radical (unpaired) electrons. The lowest BCUT2D eigenvalue weighted by Gasteiger charge is -2.08. The second-order valence-electron chi connectivity index (χ2n) is 6.17. The molecule has 7 nitrogen and oxygen atoms in total. The zero-order valence-corrected chi connectivity index (χ0v) is 17.4. The summed E-state index contributed by atoms with van der Waals surface area (Å²) in [6, 6.07) is 14.2. The van der Waals surface area contributed by atoms with Crippen molar-refractivity contribution in [2.24, 2.45) is 10.2 Å². The van der Waals surface area contributed by atoms with Crippen molar-refractivity contribution >= 4 is 51.7 Å². The van der Waals surface area contributed by atoms with Gasteiger partial charge in [-0.2, -0.15) is 5.10 Å². The first-order valence-electron chi connectivity index (χ1n) is 8.74. The molecule has 1 saturated heterocycles. The van der Waals surface area contributed by atoms with E-state index in [0.717, 1.165) is 5.56 Å². The number of hydrogen-bond donors (Lipinski definition) is 2. The molecule has 29 heavy (non-hydrogen) atoms. The predicted octanol–water partition coefficient (Wildman–Crippen LogP) is 3.69. The molecule has 1 aliphatic heterocycles. The number of nitrogens with zero attached hydrogens (tertiary/aromatic N) is 2. The molecule has 9 heteroatoms. The van der Waals surface area contributed by atoms with Crippen molar-refractivity contribution in [3.05, 3.63) is 59.1 Å². The van der Waals surface area contributed by atoms with Crippen molar-refractivity contribution < 1.29 is 14.3 Å². The van der Waals surface area contributed by atoms with E-state index in [1.165, 1.54) is 11.8 Å². The number of carbonyl (C=O) groups is 2. The topological polar surface area (TPSA) is 92.2 Å². The minimum absolute atomic E-state index is 0.0292. The van der Waals surface area contributed by atoms with Crippen LogP contribution in [0.3, 0.4) is 0 Å². The van der Waals surface area contributed by atoms with E-state index in [2.05, 4.69) is 20.8 Å². The van der Waals surface area contributed by atoms with E-state index in [1.54, 1.807) is 43.5 Å². The quantitative estimate of drug-likeness (QED) is 0.540. The summed E-state index contributed by atoms with van der Waals surface area (Å²) < 4.78 is 5.08. The van der Waals surface area contributed by atoms with Gasteiger partial charge in [0, 0.05) is 17.1 Å². The van der Waals surface area contributed by atoms with Gasteiger partial charge in [-0.3, -0.25) is 9.59 Å². The minimum Gasteiger partial charge on any atom is -0.497 e. The van der Waals surface area contributed by atoms with E-state index in [-0.39, 0.29) is 18.2 Å². The molecule has 2 amide bonds. The average Bonchev–Trinajstić information content (AvgIpc) is 3.06. The van der Waals surface area contributed by atoms with Crippen molar-refractivity contribution in [1.82, 2.24) is 5.32 Å². The van der Waals surface area contributed by atoms with Gasteiger partial charge in [-0.1, -0.05) is 35.5 Å². The molecule has 2 aromatic carbocycles. The van der Waals surface area contributed by atoms with E-state index in [4.69, 9.17) is 16.3 Å². The third kappa shape index (κ3) is 5.82. The van der Waals surface area contributed by atoms with Crippen LogP contribution in [0.2, 0.25) is 5.02 Å². The highest BCUT2D eigenvalue weighted by Crippen LogP contribution is 2.23. The van der Waals surface area contributed by atoms with Gasteiger partial charge in [0.05, 0.1) is 12.8 Å². The number of methoxy groups -OCH3 is 1. The van der Waals surface area contributed by atoms with Crippen LogP contribution in [0.4, 0.5) is 5.69 Å². The highest BCUT2D eigenvalue weighted by atomic mass is 35.5. The molecule has 3 rings (SSSR count). The third-order valence-corrected chi connectivity index (χ3v) is 5.40. The zero-order valence-electron chi connectivity index (χ0n) is 15.8. The highest BCUT2D eigenvalue weighted by molar-refractivity contribution is 8.15. The largest absolute Gasteiger partial charge is 0.497 e. The molecule has 0 unspecified atom stereocenters. The van der Waals surface area contributed by atoms with Crippen LogP contribution in [0.5, 0.6) is 5.75 Å². The SMILES string of the molecule is COc1ccc(NC(=O)C[C@@H]2S/C(=N\N=C(\C)c3ccc(Cl)cc3)NC2=O)cc1. The number of ether oxygens (including phenoxy) is 1. The molecule has 1 atom stereocenters. The maximum atomic E-state index is 12.2. The Morgan fingerprint density at radius 3 is 2.55 bits per heavy atom. The molecule has 1 heterocycles. The number of rotatable bonds is 6. The Kier molecular flexibility index (Phi) is 6.90. The minimum atomic E-state index is -0.557. The normalized spacial score (nSPS) is 17.9. The molecule has 150 valence electrons.